The molecule has 132 valence electrons. The Balaban J connectivity index is 1.45. The van der Waals surface area contributed by atoms with E-state index < -0.39 is 0 Å². The standard InChI is InChI=1S/C23H24N2O/c1-16(2)17-8-12-20(13-9-17)22-24-25-23(26-22)21-14-10-19(11-15-21)18-6-4-3-5-7-18/h3-16,22-25H,1-2H3. The first-order chi connectivity index (χ1) is 12.7. The highest BCUT2D eigenvalue weighted by Crippen LogP contribution is 2.29. The molecule has 1 aliphatic heterocycles. The second kappa shape index (κ2) is 7.42. The fourth-order valence-corrected chi connectivity index (χ4v) is 3.22. The molecule has 0 amide bonds. The Hall–Kier alpha value is -2.46. The van der Waals surface area contributed by atoms with Crippen molar-refractivity contribution in [2.45, 2.75) is 32.2 Å². The first-order valence-electron chi connectivity index (χ1n) is 9.12. The zero-order chi connectivity index (χ0) is 17.9. The predicted octanol–water partition coefficient (Wildman–Crippen LogP) is 5.30. The third kappa shape index (κ3) is 3.56. The van der Waals surface area contributed by atoms with Gasteiger partial charge in [0.2, 0.25) is 0 Å². The summed E-state index contributed by atoms with van der Waals surface area (Å²) in [5.41, 5.74) is 12.5. The number of rotatable bonds is 4. The molecule has 0 spiro atoms. The molecule has 0 saturated carbocycles. The third-order valence-electron chi connectivity index (χ3n) is 4.84. The Morgan fingerprint density at radius 2 is 1.15 bits per heavy atom. The van der Waals surface area contributed by atoms with Crippen LogP contribution in [0.2, 0.25) is 0 Å². The summed E-state index contributed by atoms with van der Waals surface area (Å²) in [6.45, 7) is 4.41. The summed E-state index contributed by atoms with van der Waals surface area (Å²) in [6.07, 6.45) is -0.301. The molecule has 1 fully saturated rings. The zero-order valence-electron chi connectivity index (χ0n) is 15.1. The van der Waals surface area contributed by atoms with Crippen LogP contribution in [0.25, 0.3) is 11.1 Å². The van der Waals surface area contributed by atoms with E-state index in [9.17, 15) is 0 Å². The smallest absolute Gasteiger partial charge is 0.149 e. The van der Waals surface area contributed by atoms with Gasteiger partial charge in [-0.2, -0.15) is 0 Å². The molecule has 3 aromatic carbocycles. The van der Waals surface area contributed by atoms with Crippen LogP contribution < -0.4 is 10.9 Å². The average molecular weight is 344 g/mol. The van der Waals surface area contributed by atoms with Crippen LogP contribution in [0.4, 0.5) is 0 Å². The fraction of sp³-hybridized carbons (Fsp3) is 0.217. The van der Waals surface area contributed by atoms with Crippen LogP contribution >= 0.6 is 0 Å². The van der Waals surface area contributed by atoms with Crippen LogP contribution in [-0.2, 0) is 4.74 Å². The van der Waals surface area contributed by atoms with E-state index in [1.807, 2.05) is 6.07 Å². The molecule has 26 heavy (non-hydrogen) atoms. The number of ether oxygens (including phenoxy) is 1. The van der Waals surface area contributed by atoms with E-state index in [-0.39, 0.29) is 12.5 Å². The Morgan fingerprint density at radius 3 is 1.69 bits per heavy atom. The van der Waals surface area contributed by atoms with Crippen LogP contribution in [0.1, 0.15) is 48.9 Å². The van der Waals surface area contributed by atoms with Crippen LogP contribution in [0.3, 0.4) is 0 Å². The van der Waals surface area contributed by atoms with Gasteiger partial charge in [-0.05, 0) is 33.7 Å². The van der Waals surface area contributed by atoms with Gasteiger partial charge < -0.3 is 4.74 Å². The van der Waals surface area contributed by atoms with Crippen LogP contribution in [0.5, 0.6) is 0 Å². The maximum atomic E-state index is 6.16. The molecule has 1 saturated heterocycles. The maximum absolute atomic E-state index is 6.16. The largest absolute Gasteiger partial charge is 0.334 e. The third-order valence-corrected chi connectivity index (χ3v) is 4.84. The van der Waals surface area contributed by atoms with E-state index in [0.29, 0.717) is 5.92 Å². The van der Waals surface area contributed by atoms with E-state index in [1.54, 1.807) is 0 Å². The fourth-order valence-electron chi connectivity index (χ4n) is 3.22. The highest BCUT2D eigenvalue weighted by atomic mass is 16.5. The molecule has 2 unspecified atom stereocenters. The molecule has 4 rings (SSSR count). The van der Waals surface area contributed by atoms with Crippen molar-refractivity contribution in [3.05, 3.63) is 95.6 Å². The Morgan fingerprint density at radius 1 is 0.654 bits per heavy atom. The highest BCUT2D eigenvalue weighted by Gasteiger charge is 2.26. The maximum Gasteiger partial charge on any atom is 0.149 e. The zero-order valence-corrected chi connectivity index (χ0v) is 15.1. The van der Waals surface area contributed by atoms with Gasteiger partial charge in [0.15, 0.2) is 0 Å². The number of hydrogen-bond donors (Lipinski definition) is 2. The molecule has 3 nitrogen and oxygen atoms in total. The SMILES string of the molecule is CC(C)c1ccc(C2NNC(c3ccc(-c4ccccc4)cc3)O2)cc1. The summed E-state index contributed by atoms with van der Waals surface area (Å²) in [7, 11) is 0. The lowest BCUT2D eigenvalue weighted by atomic mass is 10.0. The molecule has 2 N–H and O–H groups in total. The average Bonchev–Trinajstić information content (AvgIpc) is 3.19. The van der Waals surface area contributed by atoms with Gasteiger partial charge in [-0.3, -0.25) is 0 Å². The molecular formula is C23H24N2O. The van der Waals surface area contributed by atoms with Gasteiger partial charge >= 0.3 is 0 Å². The van der Waals surface area contributed by atoms with Crippen molar-refractivity contribution in [1.29, 1.82) is 0 Å². The number of hydrogen-bond acceptors (Lipinski definition) is 3. The van der Waals surface area contributed by atoms with E-state index >= 15 is 0 Å². The van der Waals surface area contributed by atoms with Gasteiger partial charge in [-0.25, -0.2) is 10.9 Å². The van der Waals surface area contributed by atoms with Crippen LogP contribution in [0.15, 0.2) is 78.9 Å². The van der Waals surface area contributed by atoms with Crippen molar-refractivity contribution in [3.8, 4) is 11.1 Å². The van der Waals surface area contributed by atoms with Crippen molar-refractivity contribution in [2.24, 2.45) is 0 Å². The normalized spacial score (nSPS) is 19.8. The minimum absolute atomic E-state index is 0.144. The summed E-state index contributed by atoms with van der Waals surface area (Å²) < 4.78 is 6.16. The number of benzene rings is 3. The molecule has 3 heteroatoms. The second-order valence-electron chi connectivity index (χ2n) is 6.99. The molecule has 2 atom stereocenters. The first kappa shape index (κ1) is 17.0. The van der Waals surface area contributed by atoms with Crippen LogP contribution in [0, 0.1) is 0 Å². The lowest BCUT2D eigenvalue weighted by Crippen LogP contribution is -2.26. The van der Waals surface area contributed by atoms with E-state index in [4.69, 9.17) is 4.74 Å². The van der Waals surface area contributed by atoms with Gasteiger partial charge in [-0.1, -0.05) is 92.7 Å². The molecule has 0 aromatic heterocycles. The number of hydrazine groups is 1. The summed E-state index contributed by atoms with van der Waals surface area (Å²) in [6, 6.07) is 27.5. The van der Waals surface area contributed by atoms with Gasteiger partial charge in [0, 0.05) is 0 Å². The first-order valence-corrected chi connectivity index (χ1v) is 9.12. The monoisotopic (exact) mass is 344 g/mol. The van der Waals surface area contributed by atoms with Crippen molar-refractivity contribution in [1.82, 2.24) is 10.9 Å². The molecule has 0 aliphatic carbocycles. The molecule has 1 heterocycles. The van der Waals surface area contributed by atoms with E-state index in [2.05, 4.69) is 97.5 Å². The van der Waals surface area contributed by atoms with Gasteiger partial charge in [0.1, 0.15) is 12.5 Å². The van der Waals surface area contributed by atoms with Crippen molar-refractivity contribution in [3.63, 3.8) is 0 Å². The van der Waals surface area contributed by atoms with Crippen molar-refractivity contribution in [2.75, 3.05) is 0 Å². The molecule has 1 aliphatic rings. The summed E-state index contributed by atoms with van der Waals surface area (Å²) in [5, 5.41) is 0. The molecular weight excluding hydrogens is 320 g/mol. The Labute approximate surface area is 155 Å². The number of nitrogens with one attached hydrogen (secondary N) is 2. The summed E-state index contributed by atoms with van der Waals surface area (Å²) >= 11 is 0. The Bertz CT molecular complexity index is 842. The highest BCUT2D eigenvalue weighted by molar-refractivity contribution is 5.63. The second-order valence-corrected chi connectivity index (χ2v) is 6.99. The quantitative estimate of drug-likeness (QED) is 0.674. The van der Waals surface area contributed by atoms with Gasteiger partial charge in [0.05, 0.1) is 0 Å². The lowest BCUT2D eigenvalue weighted by Gasteiger charge is -2.13. The van der Waals surface area contributed by atoms with E-state index in [0.717, 1.165) is 11.1 Å². The van der Waals surface area contributed by atoms with E-state index in [1.165, 1.54) is 16.7 Å². The Kier molecular flexibility index (Phi) is 4.85. The van der Waals surface area contributed by atoms with Gasteiger partial charge in [-0.15, -0.1) is 0 Å². The summed E-state index contributed by atoms with van der Waals surface area (Å²) in [4.78, 5) is 0. The predicted molar refractivity (Wildman–Crippen MR) is 105 cm³/mol. The van der Waals surface area contributed by atoms with Gasteiger partial charge in [0.25, 0.3) is 0 Å². The van der Waals surface area contributed by atoms with Crippen molar-refractivity contribution >= 4 is 0 Å². The molecule has 3 aromatic rings. The minimum Gasteiger partial charge on any atom is -0.334 e. The molecule has 0 bridgehead atoms. The van der Waals surface area contributed by atoms with Crippen LogP contribution in [-0.4, -0.2) is 0 Å². The minimum atomic E-state index is -0.158. The van der Waals surface area contributed by atoms with Crippen molar-refractivity contribution < 1.29 is 4.74 Å². The lowest BCUT2D eigenvalue weighted by molar-refractivity contribution is 0.0341. The topological polar surface area (TPSA) is 33.3 Å². The molecule has 0 radical (unpaired) electrons. The summed E-state index contributed by atoms with van der Waals surface area (Å²) in [5.74, 6) is 0.538.